The van der Waals surface area contributed by atoms with E-state index in [1.54, 1.807) is 0 Å². The van der Waals surface area contributed by atoms with E-state index in [-0.39, 0.29) is 0 Å². The van der Waals surface area contributed by atoms with E-state index in [1.165, 1.54) is 12.8 Å². The predicted molar refractivity (Wildman–Crippen MR) is 52.5 cm³/mol. The number of fused-ring (bicyclic) bond motifs is 1. The number of nitrogens with one attached hydrogen (secondary N) is 1. The lowest BCUT2D eigenvalue weighted by atomic mass is 9.68. The van der Waals surface area contributed by atoms with Crippen LogP contribution in [0.15, 0.2) is 0 Å². The zero-order valence-electron chi connectivity index (χ0n) is 8.49. The fourth-order valence-electron chi connectivity index (χ4n) is 2.54. The standard InChI is InChI=1S/C10H20N2O/c1-6(2)12-9-8(11)7-4-3-5-13-10(7)9/h6-10,12H,3-5,11H2,1-2H3. The van der Waals surface area contributed by atoms with Crippen LogP contribution in [0.2, 0.25) is 0 Å². The van der Waals surface area contributed by atoms with Gasteiger partial charge in [-0.15, -0.1) is 0 Å². The first-order valence-corrected chi connectivity index (χ1v) is 5.33. The second kappa shape index (κ2) is 3.56. The fraction of sp³-hybridized carbons (Fsp3) is 1.00. The maximum absolute atomic E-state index is 6.08. The summed E-state index contributed by atoms with van der Waals surface area (Å²) in [6.07, 6.45) is 2.83. The van der Waals surface area contributed by atoms with Gasteiger partial charge in [-0.05, 0) is 12.8 Å². The van der Waals surface area contributed by atoms with Crippen molar-refractivity contribution in [3.63, 3.8) is 0 Å². The quantitative estimate of drug-likeness (QED) is 0.656. The Morgan fingerprint density at radius 3 is 2.92 bits per heavy atom. The highest BCUT2D eigenvalue weighted by molar-refractivity contribution is 5.07. The van der Waals surface area contributed by atoms with Gasteiger partial charge in [0.1, 0.15) is 0 Å². The first-order valence-electron chi connectivity index (χ1n) is 5.33. The Bertz CT molecular complexity index is 184. The molecule has 1 aliphatic heterocycles. The molecular formula is C10H20N2O. The van der Waals surface area contributed by atoms with E-state index in [1.807, 2.05) is 0 Å². The molecule has 4 unspecified atom stereocenters. The average molecular weight is 184 g/mol. The van der Waals surface area contributed by atoms with E-state index in [0.717, 1.165) is 6.61 Å². The third kappa shape index (κ3) is 1.60. The topological polar surface area (TPSA) is 47.3 Å². The molecule has 3 heteroatoms. The van der Waals surface area contributed by atoms with Crippen molar-refractivity contribution in [2.24, 2.45) is 11.7 Å². The molecule has 13 heavy (non-hydrogen) atoms. The summed E-state index contributed by atoms with van der Waals surface area (Å²) in [5.41, 5.74) is 6.08. The molecule has 1 saturated heterocycles. The number of hydrogen-bond donors (Lipinski definition) is 2. The van der Waals surface area contributed by atoms with E-state index in [4.69, 9.17) is 10.5 Å². The zero-order valence-corrected chi connectivity index (χ0v) is 8.49. The van der Waals surface area contributed by atoms with Gasteiger partial charge in [-0.25, -0.2) is 0 Å². The molecule has 3 N–H and O–H groups in total. The minimum atomic E-state index is 0.313. The molecule has 0 radical (unpaired) electrons. The summed E-state index contributed by atoms with van der Waals surface area (Å²) >= 11 is 0. The van der Waals surface area contributed by atoms with E-state index >= 15 is 0 Å². The van der Waals surface area contributed by atoms with Crippen LogP contribution < -0.4 is 11.1 Å². The van der Waals surface area contributed by atoms with Crippen LogP contribution in [-0.4, -0.2) is 30.8 Å². The number of rotatable bonds is 2. The Morgan fingerprint density at radius 2 is 2.23 bits per heavy atom. The molecule has 0 bridgehead atoms. The van der Waals surface area contributed by atoms with Crippen molar-refractivity contribution in [2.75, 3.05) is 6.61 Å². The summed E-state index contributed by atoms with van der Waals surface area (Å²) in [5.74, 6) is 0.616. The van der Waals surface area contributed by atoms with Gasteiger partial charge in [0.15, 0.2) is 0 Å². The van der Waals surface area contributed by atoms with Crippen molar-refractivity contribution in [1.29, 1.82) is 0 Å². The molecule has 3 nitrogen and oxygen atoms in total. The van der Waals surface area contributed by atoms with Crippen LogP contribution in [0.4, 0.5) is 0 Å². The normalized spacial score (nSPS) is 44.3. The summed E-state index contributed by atoms with van der Waals surface area (Å²) in [6.45, 7) is 5.23. The molecule has 0 aromatic carbocycles. The molecule has 0 aromatic heterocycles. The zero-order chi connectivity index (χ0) is 9.42. The van der Waals surface area contributed by atoms with Gasteiger partial charge in [0.25, 0.3) is 0 Å². The third-order valence-electron chi connectivity index (χ3n) is 3.20. The lowest BCUT2D eigenvalue weighted by Gasteiger charge is -2.53. The maximum Gasteiger partial charge on any atom is 0.0786 e. The Balaban J connectivity index is 1.91. The van der Waals surface area contributed by atoms with Crippen molar-refractivity contribution in [3.8, 4) is 0 Å². The number of hydrogen-bond acceptors (Lipinski definition) is 3. The number of ether oxygens (including phenoxy) is 1. The smallest absolute Gasteiger partial charge is 0.0786 e. The van der Waals surface area contributed by atoms with E-state index < -0.39 is 0 Å². The largest absolute Gasteiger partial charge is 0.376 e. The van der Waals surface area contributed by atoms with E-state index in [0.29, 0.717) is 30.1 Å². The van der Waals surface area contributed by atoms with Crippen molar-refractivity contribution in [1.82, 2.24) is 5.32 Å². The molecule has 0 aromatic rings. The van der Waals surface area contributed by atoms with Crippen molar-refractivity contribution < 1.29 is 4.74 Å². The molecule has 0 spiro atoms. The van der Waals surface area contributed by atoms with Crippen molar-refractivity contribution in [3.05, 3.63) is 0 Å². The first kappa shape index (κ1) is 9.44. The lowest BCUT2D eigenvalue weighted by Crippen LogP contribution is -2.72. The number of nitrogens with two attached hydrogens (primary N) is 1. The second-order valence-electron chi connectivity index (χ2n) is 4.57. The van der Waals surface area contributed by atoms with Crippen LogP contribution in [0.1, 0.15) is 26.7 Å². The van der Waals surface area contributed by atoms with Crippen LogP contribution in [0.3, 0.4) is 0 Å². The minimum Gasteiger partial charge on any atom is -0.376 e. The van der Waals surface area contributed by atoms with Crippen LogP contribution in [0, 0.1) is 5.92 Å². The van der Waals surface area contributed by atoms with Crippen molar-refractivity contribution >= 4 is 0 Å². The van der Waals surface area contributed by atoms with Gasteiger partial charge in [-0.3, -0.25) is 0 Å². The van der Waals surface area contributed by atoms with Gasteiger partial charge in [0.05, 0.1) is 6.10 Å². The Labute approximate surface area is 80.0 Å². The highest BCUT2D eigenvalue weighted by Gasteiger charge is 2.50. The summed E-state index contributed by atoms with van der Waals surface area (Å²) < 4.78 is 5.72. The van der Waals surface area contributed by atoms with Crippen LogP contribution in [0.5, 0.6) is 0 Å². The molecule has 0 amide bonds. The summed E-state index contributed by atoms with van der Waals surface area (Å²) in [4.78, 5) is 0. The SMILES string of the molecule is CC(C)NC1C(N)C2CCCOC21. The Kier molecular flexibility index (Phi) is 2.58. The van der Waals surface area contributed by atoms with Gasteiger partial charge < -0.3 is 15.8 Å². The predicted octanol–water partition coefficient (Wildman–Crippen LogP) is 0.489. The van der Waals surface area contributed by atoms with Crippen molar-refractivity contribution in [2.45, 2.75) is 50.9 Å². The van der Waals surface area contributed by atoms with Gasteiger partial charge in [-0.2, -0.15) is 0 Å². The molecule has 1 heterocycles. The highest BCUT2D eigenvalue weighted by atomic mass is 16.5. The Hall–Kier alpha value is -0.120. The third-order valence-corrected chi connectivity index (χ3v) is 3.20. The molecule has 2 aliphatic rings. The van der Waals surface area contributed by atoms with Gasteiger partial charge >= 0.3 is 0 Å². The lowest BCUT2D eigenvalue weighted by molar-refractivity contribution is -0.121. The summed E-state index contributed by atoms with van der Waals surface area (Å²) in [6, 6.07) is 1.21. The molecule has 1 aliphatic carbocycles. The van der Waals surface area contributed by atoms with Crippen LogP contribution in [-0.2, 0) is 4.74 Å². The molecule has 76 valence electrons. The van der Waals surface area contributed by atoms with Gasteiger partial charge in [0.2, 0.25) is 0 Å². The molecular weight excluding hydrogens is 164 g/mol. The van der Waals surface area contributed by atoms with Crippen LogP contribution >= 0.6 is 0 Å². The van der Waals surface area contributed by atoms with E-state index in [2.05, 4.69) is 19.2 Å². The second-order valence-corrected chi connectivity index (χ2v) is 4.57. The van der Waals surface area contributed by atoms with E-state index in [9.17, 15) is 0 Å². The molecule has 2 rings (SSSR count). The maximum atomic E-state index is 6.08. The van der Waals surface area contributed by atoms with Gasteiger partial charge in [0, 0.05) is 30.7 Å². The highest BCUT2D eigenvalue weighted by Crippen LogP contribution is 2.37. The van der Waals surface area contributed by atoms with Gasteiger partial charge in [-0.1, -0.05) is 13.8 Å². The molecule has 1 saturated carbocycles. The Morgan fingerprint density at radius 1 is 1.46 bits per heavy atom. The first-order chi connectivity index (χ1) is 6.20. The average Bonchev–Trinajstić information content (AvgIpc) is 2.13. The van der Waals surface area contributed by atoms with Crippen LogP contribution in [0.25, 0.3) is 0 Å². The minimum absolute atomic E-state index is 0.313. The fourth-order valence-corrected chi connectivity index (χ4v) is 2.54. The summed E-state index contributed by atoms with van der Waals surface area (Å²) in [7, 11) is 0. The monoisotopic (exact) mass is 184 g/mol. The molecule has 4 atom stereocenters. The summed E-state index contributed by atoms with van der Waals surface area (Å²) in [5, 5.41) is 3.48. The molecule has 2 fully saturated rings.